The van der Waals surface area contributed by atoms with Gasteiger partial charge in [-0.2, -0.15) is 0 Å². The Morgan fingerprint density at radius 2 is 2.19 bits per heavy atom. The Labute approximate surface area is 103 Å². The van der Waals surface area contributed by atoms with Crippen molar-refractivity contribution in [3.63, 3.8) is 0 Å². The first-order valence-electron chi connectivity index (χ1n) is 5.30. The van der Waals surface area contributed by atoms with Gasteiger partial charge in [0.1, 0.15) is 6.61 Å². The number of hydrogen-bond acceptors (Lipinski definition) is 3. The molecule has 4 heteroatoms. The summed E-state index contributed by atoms with van der Waals surface area (Å²) in [6, 6.07) is 7.12. The summed E-state index contributed by atoms with van der Waals surface area (Å²) in [5.41, 5.74) is 0.571. The minimum atomic E-state index is -0.289. The van der Waals surface area contributed by atoms with Crippen LogP contribution in [0.1, 0.15) is 23.2 Å². The molecule has 1 fully saturated rings. The van der Waals surface area contributed by atoms with Crippen molar-refractivity contribution in [2.45, 2.75) is 18.9 Å². The Hall–Kier alpha value is -0.870. The lowest BCUT2D eigenvalue weighted by atomic mass is 10.2. The van der Waals surface area contributed by atoms with Gasteiger partial charge < -0.3 is 9.47 Å². The molecule has 2 rings (SSSR count). The Morgan fingerprint density at radius 1 is 1.44 bits per heavy atom. The van der Waals surface area contributed by atoms with Crippen molar-refractivity contribution >= 4 is 21.9 Å². The second-order valence-electron chi connectivity index (χ2n) is 3.74. The van der Waals surface area contributed by atoms with Gasteiger partial charge in [-0.1, -0.05) is 15.9 Å². The van der Waals surface area contributed by atoms with Crippen molar-refractivity contribution in [2.24, 2.45) is 0 Å². The Bertz CT molecular complexity index is 355. The highest BCUT2D eigenvalue weighted by Crippen LogP contribution is 2.14. The highest BCUT2D eigenvalue weighted by molar-refractivity contribution is 9.10. The minimum Gasteiger partial charge on any atom is -0.459 e. The van der Waals surface area contributed by atoms with Gasteiger partial charge in [-0.25, -0.2) is 4.79 Å². The first-order valence-corrected chi connectivity index (χ1v) is 6.09. The SMILES string of the molecule is O=C(OCC1CCCO1)c1ccc(Br)cc1. The lowest BCUT2D eigenvalue weighted by molar-refractivity contribution is 0.0161. The van der Waals surface area contributed by atoms with Crippen LogP contribution >= 0.6 is 15.9 Å². The number of benzene rings is 1. The minimum absolute atomic E-state index is 0.0828. The van der Waals surface area contributed by atoms with E-state index in [0.29, 0.717) is 12.2 Å². The highest BCUT2D eigenvalue weighted by atomic mass is 79.9. The third kappa shape index (κ3) is 3.06. The van der Waals surface area contributed by atoms with E-state index in [1.54, 1.807) is 12.1 Å². The molecule has 0 radical (unpaired) electrons. The summed E-state index contributed by atoms with van der Waals surface area (Å²) in [4.78, 5) is 11.6. The number of carbonyl (C=O) groups excluding carboxylic acids is 1. The van der Waals surface area contributed by atoms with E-state index in [1.807, 2.05) is 12.1 Å². The molecule has 0 aliphatic carbocycles. The largest absolute Gasteiger partial charge is 0.459 e. The molecule has 0 aromatic heterocycles. The van der Waals surface area contributed by atoms with Crippen LogP contribution in [0.5, 0.6) is 0 Å². The zero-order valence-corrected chi connectivity index (χ0v) is 10.4. The van der Waals surface area contributed by atoms with Gasteiger partial charge in [-0.15, -0.1) is 0 Å². The number of rotatable bonds is 3. The van der Waals surface area contributed by atoms with Gasteiger partial charge in [0, 0.05) is 11.1 Å². The molecule has 3 nitrogen and oxygen atoms in total. The molecule has 1 saturated heterocycles. The van der Waals surface area contributed by atoms with E-state index in [0.717, 1.165) is 23.9 Å². The molecule has 0 spiro atoms. The van der Waals surface area contributed by atoms with Crippen molar-refractivity contribution < 1.29 is 14.3 Å². The maximum absolute atomic E-state index is 11.6. The fourth-order valence-electron chi connectivity index (χ4n) is 1.61. The van der Waals surface area contributed by atoms with E-state index < -0.39 is 0 Å². The van der Waals surface area contributed by atoms with Crippen LogP contribution in [0.3, 0.4) is 0 Å². The van der Waals surface area contributed by atoms with E-state index in [1.165, 1.54) is 0 Å². The Kier molecular flexibility index (Phi) is 3.96. The topological polar surface area (TPSA) is 35.5 Å². The average molecular weight is 285 g/mol. The van der Waals surface area contributed by atoms with Gasteiger partial charge in [0.15, 0.2) is 0 Å². The standard InChI is InChI=1S/C12H13BrO3/c13-10-5-3-9(4-6-10)12(14)16-8-11-2-1-7-15-11/h3-6,11H,1-2,7-8H2. The lowest BCUT2D eigenvalue weighted by Crippen LogP contribution is -2.17. The van der Waals surface area contributed by atoms with Crippen LogP contribution < -0.4 is 0 Å². The Balaban J connectivity index is 1.85. The fraction of sp³-hybridized carbons (Fsp3) is 0.417. The van der Waals surface area contributed by atoms with Crippen LogP contribution in [0.15, 0.2) is 28.7 Å². The van der Waals surface area contributed by atoms with E-state index >= 15 is 0 Å². The summed E-state index contributed by atoms with van der Waals surface area (Å²) in [5.74, 6) is -0.289. The van der Waals surface area contributed by atoms with Crippen LogP contribution in [-0.2, 0) is 9.47 Å². The number of carbonyl (C=O) groups is 1. The third-order valence-electron chi connectivity index (χ3n) is 2.50. The second-order valence-corrected chi connectivity index (χ2v) is 4.66. The van der Waals surface area contributed by atoms with E-state index in [4.69, 9.17) is 9.47 Å². The molecular weight excluding hydrogens is 272 g/mol. The molecule has 1 unspecified atom stereocenters. The van der Waals surface area contributed by atoms with Crippen molar-refractivity contribution in [3.8, 4) is 0 Å². The number of halogens is 1. The zero-order chi connectivity index (χ0) is 11.4. The molecule has 1 atom stereocenters. The monoisotopic (exact) mass is 284 g/mol. The number of esters is 1. The normalized spacial score (nSPS) is 19.7. The summed E-state index contributed by atoms with van der Waals surface area (Å²) in [5, 5.41) is 0. The number of ether oxygens (including phenoxy) is 2. The molecule has 0 amide bonds. The van der Waals surface area contributed by atoms with Crippen LogP contribution in [0.4, 0.5) is 0 Å². The molecule has 1 aliphatic heterocycles. The van der Waals surface area contributed by atoms with Crippen molar-refractivity contribution in [2.75, 3.05) is 13.2 Å². The van der Waals surface area contributed by atoms with Gasteiger partial charge in [0.05, 0.1) is 11.7 Å². The maximum atomic E-state index is 11.6. The molecule has 1 aliphatic rings. The van der Waals surface area contributed by atoms with E-state index in [2.05, 4.69) is 15.9 Å². The van der Waals surface area contributed by atoms with Crippen molar-refractivity contribution in [1.29, 1.82) is 0 Å². The average Bonchev–Trinajstić information content (AvgIpc) is 2.80. The molecule has 0 saturated carbocycles. The third-order valence-corrected chi connectivity index (χ3v) is 3.03. The highest BCUT2D eigenvalue weighted by Gasteiger charge is 2.17. The van der Waals surface area contributed by atoms with Crippen LogP contribution in [-0.4, -0.2) is 25.3 Å². The van der Waals surface area contributed by atoms with E-state index in [9.17, 15) is 4.79 Å². The predicted molar refractivity (Wildman–Crippen MR) is 63.4 cm³/mol. The Morgan fingerprint density at radius 3 is 2.81 bits per heavy atom. The molecular formula is C12H13BrO3. The fourth-order valence-corrected chi connectivity index (χ4v) is 1.88. The zero-order valence-electron chi connectivity index (χ0n) is 8.82. The molecule has 1 aromatic carbocycles. The van der Waals surface area contributed by atoms with Gasteiger partial charge in [0.2, 0.25) is 0 Å². The molecule has 16 heavy (non-hydrogen) atoms. The molecule has 1 aromatic rings. The van der Waals surface area contributed by atoms with Crippen LogP contribution in [0.2, 0.25) is 0 Å². The molecule has 86 valence electrons. The first kappa shape index (κ1) is 11.6. The van der Waals surface area contributed by atoms with E-state index in [-0.39, 0.29) is 12.1 Å². The summed E-state index contributed by atoms with van der Waals surface area (Å²) in [7, 11) is 0. The molecule has 0 bridgehead atoms. The van der Waals surface area contributed by atoms with Crippen LogP contribution in [0, 0.1) is 0 Å². The van der Waals surface area contributed by atoms with Gasteiger partial charge in [-0.05, 0) is 37.1 Å². The second kappa shape index (κ2) is 5.46. The van der Waals surface area contributed by atoms with Gasteiger partial charge in [0.25, 0.3) is 0 Å². The lowest BCUT2D eigenvalue weighted by Gasteiger charge is -2.10. The molecule has 1 heterocycles. The number of hydrogen-bond donors (Lipinski definition) is 0. The quantitative estimate of drug-likeness (QED) is 0.801. The van der Waals surface area contributed by atoms with Crippen LogP contribution in [0.25, 0.3) is 0 Å². The van der Waals surface area contributed by atoms with Gasteiger partial charge in [-0.3, -0.25) is 0 Å². The molecule has 0 N–H and O–H groups in total. The van der Waals surface area contributed by atoms with Crippen molar-refractivity contribution in [1.82, 2.24) is 0 Å². The van der Waals surface area contributed by atoms with Gasteiger partial charge >= 0.3 is 5.97 Å². The van der Waals surface area contributed by atoms with Crippen molar-refractivity contribution in [3.05, 3.63) is 34.3 Å². The smallest absolute Gasteiger partial charge is 0.338 e. The summed E-state index contributed by atoms with van der Waals surface area (Å²) in [6.45, 7) is 1.13. The first-order chi connectivity index (χ1) is 7.75. The summed E-state index contributed by atoms with van der Waals surface area (Å²) < 4.78 is 11.5. The summed E-state index contributed by atoms with van der Waals surface area (Å²) in [6.07, 6.45) is 2.12. The predicted octanol–water partition coefficient (Wildman–Crippen LogP) is 2.78. The summed E-state index contributed by atoms with van der Waals surface area (Å²) >= 11 is 3.32. The maximum Gasteiger partial charge on any atom is 0.338 e.